The van der Waals surface area contributed by atoms with Gasteiger partial charge in [-0.3, -0.25) is 5.41 Å². The lowest BCUT2D eigenvalue weighted by atomic mass is 9.95. The maximum Gasteiger partial charge on any atom is 0.182 e. The summed E-state index contributed by atoms with van der Waals surface area (Å²) in [4.78, 5) is 4.77. The third kappa shape index (κ3) is 4.10. The minimum absolute atomic E-state index is 0.185. The van der Waals surface area contributed by atoms with Crippen molar-refractivity contribution in [3.63, 3.8) is 0 Å². The molecule has 1 unspecified atom stereocenters. The highest BCUT2D eigenvalue weighted by Gasteiger charge is 2.28. The van der Waals surface area contributed by atoms with Crippen molar-refractivity contribution in [2.45, 2.75) is 31.7 Å². The van der Waals surface area contributed by atoms with E-state index in [0.717, 1.165) is 44.3 Å². The fourth-order valence-electron chi connectivity index (χ4n) is 4.48. The van der Waals surface area contributed by atoms with Crippen LogP contribution in [-0.4, -0.2) is 59.8 Å². The summed E-state index contributed by atoms with van der Waals surface area (Å²) < 4.78 is 4.02. The summed E-state index contributed by atoms with van der Waals surface area (Å²) in [5, 5.41) is 21.4. The molecule has 1 aromatic rings. The van der Waals surface area contributed by atoms with Gasteiger partial charge in [-0.15, -0.1) is 0 Å². The summed E-state index contributed by atoms with van der Waals surface area (Å²) in [6, 6.07) is 2.57. The van der Waals surface area contributed by atoms with E-state index >= 15 is 0 Å². The fraction of sp³-hybridized carbons (Fsp3) is 0.737. The van der Waals surface area contributed by atoms with Crippen molar-refractivity contribution >= 4 is 18.0 Å². The van der Waals surface area contributed by atoms with Crippen LogP contribution in [-0.2, 0) is 14.1 Å². The van der Waals surface area contributed by atoms with Crippen LogP contribution in [0, 0.1) is 27.4 Å². The molecule has 1 atom stereocenters. The number of nitrogens with zero attached hydrogens (tertiary/aromatic N) is 5. The van der Waals surface area contributed by atoms with E-state index < -0.39 is 0 Å². The highest BCUT2D eigenvalue weighted by Crippen LogP contribution is 2.24. The molecular weight excluding hydrogens is 358 g/mol. The Morgan fingerprint density at radius 3 is 2.63 bits per heavy atom. The molecule has 2 fully saturated rings. The zero-order chi connectivity index (χ0) is 19.6. The largest absolute Gasteiger partial charge is 0.356 e. The molecule has 0 aromatic carbocycles. The van der Waals surface area contributed by atoms with E-state index in [1.807, 2.05) is 18.7 Å². The Balaban J connectivity index is 1.81. The van der Waals surface area contributed by atoms with Crippen LogP contribution in [0.25, 0.3) is 0 Å². The van der Waals surface area contributed by atoms with Crippen LogP contribution < -0.4 is 15.7 Å². The van der Waals surface area contributed by atoms with Gasteiger partial charge in [0.2, 0.25) is 0 Å². The molecule has 0 bridgehead atoms. The number of hydrogen-bond acceptors (Lipinski definition) is 6. The number of anilines is 1. The molecule has 0 radical (unpaired) electrons. The Kier molecular flexibility index (Phi) is 6.35. The van der Waals surface area contributed by atoms with Crippen molar-refractivity contribution in [1.29, 1.82) is 10.7 Å². The van der Waals surface area contributed by atoms with Crippen LogP contribution in [0.3, 0.4) is 0 Å². The van der Waals surface area contributed by atoms with E-state index in [1.165, 1.54) is 25.8 Å². The van der Waals surface area contributed by atoms with Crippen molar-refractivity contribution in [2.24, 2.45) is 20.0 Å². The molecule has 2 N–H and O–H groups in total. The molecule has 148 valence electrons. The van der Waals surface area contributed by atoms with Crippen molar-refractivity contribution in [2.75, 3.05) is 44.7 Å². The fourth-order valence-corrected chi connectivity index (χ4v) is 4.66. The molecule has 2 saturated heterocycles. The minimum Gasteiger partial charge on any atom is -0.356 e. The molecule has 3 heterocycles. The summed E-state index contributed by atoms with van der Waals surface area (Å²) in [6.07, 6.45) is 4.80. The third-order valence-electron chi connectivity index (χ3n) is 6.14. The summed E-state index contributed by atoms with van der Waals surface area (Å²) in [7, 11) is 5.68. The monoisotopic (exact) mass is 389 g/mol. The number of nitrogens with one attached hydrogen (secondary N) is 2. The predicted octanol–water partition coefficient (Wildman–Crippen LogP) is 1.34. The van der Waals surface area contributed by atoms with Gasteiger partial charge in [0, 0.05) is 40.3 Å². The number of piperidine rings is 2. The molecule has 2 aliphatic rings. The lowest BCUT2D eigenvalue weighted by Gasteiger charge is -2.41. The summed E-state index contributed by atoms with van der Waals surface area (Å²) >= 11 is 5.48. The van der Waals surface area contributed by atoms with E-state index in [4.69, 9.17) is 17.6 Å². The van der Waals surface area contributed by atoms with Gasteiger partial charge in [-0.2, -0.15) is 5.26 Å². The molecule has 0 saturated carbocycles. The van der Waals surface area contributed by atoms with E-state index in [9.17, 15) is 5.26 Å². The first-order chi connectivity index (χ1) is 12.9. The summed E-state index contributed by atoms with van der Waals surface area (Å²) in [5.41, 5.74) is 0.580. The van der Waals surface area contributed by atoms with Crippen LogP contribution in [0.15, 0.2) is 0 Å². The molecule has 0 amide bonds. The van der Waals surface area contributed by atoms with E-state index in [-0.39, 0.29) is 5.49 Å². The minimum atomic E-state index is 0.185. The third-order valence-corrected chi connectivity index (χ3v) is 6.68. The van der Waals surface area contributed by atoms with Gasteiger partial charge < -0.3 is 24.3 Å². The summed E-state index contributed by atoms with van der Waals surface area (Å²) in [5.74, 6) is 1.55. The normalized spacial score (nSPS) is 21.8. The number of nitriles is 1. The van der Waals surface area contributed by atoms with E-state index in [2.05, 4.69) is 21.2 Å². The highest BCUT2D eigenvalue weighted by molar-refractivity contribution is 7.71. The first-order valence-corrected chi connectivity index (χ1v) is 10.3. The predicted molar refractivity (Wildman–Crippen MR) is 109 cm³/mol. The van der Waals surface area contributed by atoms with Crippen LogP contribution in [0.4, 0.5) is 5.82 Å². The second kappa shape index (κ2) is 8.55. The van der Waals surface area contributed by atoms with E-state index in [0.29, 0.717) is 16.4 Å². The Morgan fingerprint density at radius 1 is 1.26 bits per heavy atom. The Hall–Kier alpha value is -1.69. The van der Waals surface area contributed by atoms with Crippen LogP contribution in [0.2, 0.25) is 0 Å². The smallest absolute Gasteiger partial charge is 0.182 e. The van der Waals surface area contributed by atoms with Gasteiger partial charge in [0.15, 0.2) is 4.77 Å². The maximum absolute atomic E-state index is 9.68. The standard InChI is InChI=1S/C19H31N7S/c1-23(18-16(11-20)17(21)24(2)19(27)25(18)3)15-5-4-10-26(13-15)12-14-6-8-22-9-7-14/h14-15,21-22H,4-10,12-13H2,1-3H3. The van der Waals surface area contributed by atoms with E-state index in [1.54, 1.807) is 11.6 Å². The molecule has 3 rings (SSSR count). The zero-order valence-corrected chi connectivity index (χ0v) is 17.5. The Labute approximate surface area is 166 Å². The SMILES string of the molecule is CN(c1c(C#N)c(=N)n(C)c(=S)n1C)C1CCCN(CC2CCNCC2)C1. The molecule has 7 nitrogen and oxygen atoms in total. The number of hydrogen-bond donors (Lipinski definition) is 2. The quantitative estimate of drug-likeness (QED) is 0.760. The van der Waals surface area contributed by atoms with Gasteiger partial charge in [-0.05, 0) is 63.5 Å². The molecular formula is C19H31N7S. The molecule has 0 spiro atoms. The first kappa shape index (κ1) is 20.1. The van der Waals surface area contributed by atoms with Gasteiger partial charge in [0.25, 0.3) is 0 Å². The number of rotatable bonds is 4. The van der Waals surface area contributed by atoms with Gasteiger partial charge in [-0.1, -0.05) is 0 Å². The molecule has 2 aliphatic heterocycles. The average Bonchev–Trinajstić information content (AvgIpc) is 2.69. The topological polar surface area (TPSA) is 76.0 Å². The zero-order valence-electron chi connectivity index (χ0n) is 16.7. The second-order valence-electron chi connectivity index (χ2n) is 7.92. The molecule has 8 heteroatoms. The average molecular weight is 390 g/mol. The van der Waals surface area contributed by atoms with Crippen LogP contribution in [0.5, 0.6) is 0 Å². The van der Waals surface area contributed by atoms with Gasteiger partial charge in [0.1, 0.15) is 22.9 Å². The Morgan fingerprint density at radius 2 is 1.96 bits per heavy atom. The number of likely N-dealkylation sites (tertiary alicyclic amines) is 1. The number of aromatic nitrogens is 2. The molecule has 0 aliphatic carbocycles. The number of likely N-dealkylation sites (N-methyl/N-ethyl adjacent to an activating group) is 1. The highest BCUT2D eigenvalue weighted by atomic mass is 32.1. The van der Waals surface area contributed by atoms with Crippen molar-refractivity contribution in [1.82, 2.24) is 19.4 Å². The Bertz CT molecular complexity index is 828. The molecule has 1 aromatic heterocycles. The lowest BCUT2D eigenvalue weighted by molar-refractivity contribution is 0.162. The van der Waals surface area contributed by atoms with Crippen LogP contribution >= 0.6 is 12.2 Å². The summed E-state index contributed by atoms with van der Waals surface area (Å²) in [6.45, 7) is 5.61. The molecule has 27 heavy (non-hydrogen) atoms. The van der Waals surface area contributed by atoms with Gasteiger partial charge in [0.05, 0.1) is 0 Å². The lowest BCUT2D eigenvalue weighted by Crippen LogP contribution is -2.49. The van der Waals surface area contributed by atoms with Crippen LogP contribution in [0.1, 0.15) is 31.2 Å². The first-order valence-electron chi connectivity index (χ1n) is 9.84. The van der Waals surface area contributed by atoms with Crippen molar-refractivity contribution < 1.29 is 0 Å². The van der Waals surface area contributed by atoms with Gasteiger partial charge in [-0.25, -0.2) is 0 Å². The van der Waals surface area contributed by atoms with Gasteiger partial charge >= 0.3 is 0 Å². The van der Waals surface area contributed by atoms with Crippen molar-refractivity contribution in [3.05, 3.63) is 15.8 Å². The maximum atomic E-state index is 9.68. The van der Waals surface area contributed by atoms with Crippen molar-refractivity contribution in [3.8, 4) is 6.07 Å². The second-order valence-corrected chi connectivity index (χ2v) is 8.28.